The average Bonchev–Trinajstić information content (AvgIpc) is 2.29. The molecule has 1 rings (SSSR count). The van der Waals surface area contributed by atoms with E-state index in [-0.39, 0.29) is 16.5 Å². The van der Waals surface area contributed by atoms with Gasteiger partial charge in [0.1, 0.15) is 0 Å². The predicted octanol–water partition coefficient (Wildman–Crippen LogP) is 0.220. The summed E-state index contributed by atoms with van der Waals surface area (Å²) in [6.07, 6.45) is 1.39. The fraction of sp³-hybridized carbons (Fsp3) is 0.364. The summed E-state index contributed by atoms with van der Waals surface area (Å²) in [6, 6.07) is 4.73. The van der Waals surface area contributed by atoms with E-state index in [0.717, 1.165) is 6.26 Å². The molecular formula is C11H17N3O3S. The monoisotopic (exact) mass is 271 g/mol. The largest absolute Gasteiger partial charge is 0.396 e. The molecule has 0 fully saturated rings. The van der Waals surface area contributed by atoms with Crippen LogP contribution in [0.15, 0.2) is 23.1 Å². The Morgan fingerprint density at radius 3 is 2.61 bits per heavy atom. The lowest BCUT2D eigenvalue weighted by atomic mass is 10.2. The van der Waals surface area contributed by atoms with E-state index in [1.54, 1.807) is 19.2 Å². The quantitative estimate of drug-likeness (QED) is 0.665. The van der Waals surface area contributed by atoms with E-state index in [0.29, 0.717) is 18.7 Å². The second-order valence-electron chi connectivity index (χ2n) is 3.84. The summed E-state index contributed by atoms with van der Waals surface area (Å²) < 4.78 is 22.9. The molecule has 0 aliphatic carbocycles. The number of sulfone groups is 1. The maximum absolute atomic E-state index is 11.5. The predicted molar refractivity (Wildman–Crippen MR) is 71.1 cm³/mol. The Bertz CT molecular complexity index is 540. The van der Waals surface area contributed by atoms with E-state index in [1.165, 1.54) is 6.07 Å². The zero-order chi connectivity index (χ0) is 13.8. The van der Waals surface area contributed by atoms with Crippen molar-refractivity contribution in [2.24, 2.45) is 0 Å². The van der Waals surface area contributed by atoms with Gasteiger partial charge in [0, 0.05) is 26.3 Å². The first-order valence-corrected chi connectivity index (χ1v) is 7.28. The molecule has 0 saturated heterocycles. The van der Waals surface area contributed by atoms with Gasteiger partial charge in [-0.25, -0.2) is 8.42 Å². The molecule has 0 heterocycles. The van der Waals surface area contributed by atoms with Gasteiger partial charge in [-0.15, -0.1) is 0 Å². The number of hydrogen-bond acceptors (Lipinski definition) is 5. The highest BCUT2D eigenvalue weighted by atomic mass is 32.2. The van der Waals surface area contributed by atoms with Gasteiger partial charge in [0.2, 0.25) is 5.91 Å². The van der Waals surface area contributed by atoms with Crippen molar-refractivity contribution in [1.82, 2.24) is 5.32 Å². The fourth-order valence-electron chi connectivity index (χ4n) is 1.46. The molecule has 0 aromatic heterocycles. The van der Waals surface area contributed by atoms with Crippen molar-refractivity contribution in [2.45, 2.75) is 11.3 Å². The number of carbonyl (C=O) groups excluding carboxylic acids is 1. The average molecular weight is 271 g/mol. The number of nitrogens with one attached hydrogen (secondary N) is 2. The van der Waals surface area contributed by atoms with Gasteiger partial charge in [-0.2, -0.15) is 0 Å². The van der Waals surface area contributed by atoms with Crippen LogP contribution in [0.2, 0.25) is 0 Å². The zero-order valence-corrected chi connectivity index (χ0v) is 11.2. The first kappa shape index (κ1) is 14.3. The molecule has 18 heavy (non-hydrogen) atoms. The van der Waals surface area contributed by atoms with Gasteiger partial charge >= 0.3 is 0 Å². The van der Waals surface area contributed by atoms with Gasteiger partial charge in [0.25, 0.3) is 0 Å². The third-order valence-electron chi connectivity index (χ3n) is 2.41. The van der Waals surface area contributed by atoms with E-state index in [2.05, 4.69) is 10.6 Å². The van der Waals surface area contributed by atoms with Crippen LogP contribution in [0, 0.1) is 0 Å². The molecule has 0 aliphatic rings. The number of nitrogens with two attached hydrogens (primary N) is 1. The topological polar surface area (TPSA) is 101 Å². The molecule has 6 nitrogen and oxygen atoms in total. The molecule has 0 bridgehead atoms. The van der Waals surface area contributed by atoms with Crippen LogP contribution in [0.4, 0.5) is 11.4 Å². The van der Waals surface area contributed by atoms with E-state index < -0.39 is 9.84 Å². The van der Waals surface area contributed by atoms with Crippen molar-refractivity contribution < 1.29 is 13.2 Å². The number of nitrogen functional groups attached to an aromatic ring is 1. The third kappa shape index (κ3) is 3.63. The standard InChI is InChI=1S/C11H17N3O3S/c1-13-10(15)6-7-14-8-4-3-5-9(11(8)12)18(2,16)17/h3-5,14H,6-7,12H2,1-2H3,(H,13,15). The highest BCUT2D eigenvalue weighted by Crippen LogP contribution is 2.26. The maximum atomic E-state index is 11.5. The van der Waals surface area contributed by atoms with Crippen LogP contribution in [-0.2, 0) is 14.6 Å². The molecule has 7 heteroatoms. The van der Waals surface area contributed by atoms with Crippen LogP contribution in [-0.4, -0.2) is 34.2 Å². The van der Waals surface area contributed by atoms with Gasteiger partial charge < -0.3 is 16.4 Å². The van der Waals surface area contributed by atoms with Crippen LogP contribution in [0.25, 0.3) is 0 Å². The molecule has 0 saturated carbocycles. The summed E-state index contributed by atoms with van der Waals surface area (Å²) in [5.74, 6) is -0.0969. The Labute approximate surface area is 106 Å². The number of amides is 1. The smallest absolute Gasteiger partial charge is 0.221 e. The molecule has 0 radical (unpaired) electrons. The van der Waals surface area contributed by atoms with Gasteiger partial charge in [-0.05, 0) is 12.1 Å². The van der Waals surface area contributed by atoms with E-state index in [4.69, 9.17) is 5.73 Å². The maximum Gasteiger partial charge on any atom is 0.221 e. The summed E-state index contributed by atoms with van der Waals surface area (Å²) in [5, 5.41) is 5.44. The Kier molecular flexibility index (Phi) is 4.55. The fourth-order valence-corrected chi connectivity index (χ4v) is 2.29. The van der Waals surface area contributed by atoms with Crippen molar-refractivity contribution in [2.75, 3.05) is 30.9 Å². The summed E-state index contributed by atoms with van der Waals surface area (Å²) >= 11 is 0. The van der Waals surface area contributed by atoms with Crippen LogP contribution < -0.4 is 16.4 Å². The summed E-state index contributed by atoms with van der Waals surface area (Å²) in [7, 11) is -1.79. The summed E-state index contributed by atoms with van der Waals surface area (Å²) in [5.41, 5.74) is 6.47. The van der Waals surface area contributed by atoms with Crippen LogP contribution >= 0.6 is 0 Å². The Hall–Kier alpha value is -1.76. The van der Waals surface area contributed by atoms with Crippen LogP contribution in [0.3, 0.4) is 0 Å². The second-order valence-corrected chi connectivity index (χ2v) is 5.82. The van der Waals surface area contributed by atoms with Crippen LogP contribution in [0.5, 0.6) is 0 Å². The number of para-hydroxylation sites is 1. The molecule has 0 atom stereocenters. The number of anilines is 2. The number of hydrogen-bond donors (Lipinski definition) is 3. The van der Waals surface area contributed by atoms with Gasteiger partial charge in [0.05, 0.1) is 16.3 Å². The van der Waals surface area contributed by atoms with Crippen LogP contribution in [0.1, 0.15) is 6.42 Å². The minimum atomic E-state index is -3.35. The highest BCUT2D eigenvalue weighted by Gasteiger charge is 2.13. The first-order chi connectivity index (χ1) is 8.36. The molecule has 0 unspecified atom stereocenters. The van der Waals surface area contributed by atoms with E-state index in [9.17, 15) is 13.2 Å². The van der Waals surface area contributed by atoms with Gasteiger partial charge in [0.15, 0.2) is 9.84 Å². The summed E-state index contributed by atoms with van der Waals surface area (Å²) in [4.78, 5) is 11.1. The molecule has 0 aliphatic heterocycles. The van der Waals surface area contributed by atoms with Crippen molar-refractivity contribution >= 4 is 27.1 Å². The SMILES string of the molecule is CNC(=O)CCNc1cccc(S(C)(=O)=O)c1N. The minimum Gasteiger partial charge on any atom is -0.396 e. The van der Waals surface area contributed by atoms with Crippen molar-refractivity contribution in [3.8, 4) is 0 Å². The molecule has 100 valence electrons. The molecule has 1 amide bonds. The lowest BCUT2D eigenvalue weighted by Gasteiger charge is -2.11. The van der Waals surface area contributed by atoms with E-state index in [1.807, 2.05) is 0 Å². The minimum absolute atomic E-state index is 0.0902. The Morgan fingerprint density at radius 2 is 2.06 bits per heavy atom. The first-order valence-electron chi connectivity index (χ1n) is 5.39. The van der Waals surface area contributed by atoms with Crippen molar-refractivity contribution in [3.05, 3.63) is 18.2 Å². The van der Waals surface area contributed by atoms with Gasteiger partial charge in [-0.1, -0.05) is 6.07 Å². The zero-order valence-electron chi connectivity index (χ0n) is 10.4. The normalized spacial score (nSPS) is 11.0. The second kappa shape index (κ2) is 5.72. The highest BCUT2D eigenvalue weighted by molar-refractivity contribution is 7.90. The molecular weight excluding hydrogens is 254 g/mol. The molecule has 1 aromatic rings. The van der Waals surface area contributed by atoms with Gasteiger partial charge in [-0.3, -0.25) is 4.79 Å². The number of carbonyl (C=O) groups is 1. The van der Waals surface area contributed by atoms with E-state index >= 15 is 0 Å². The Balaban J connectivity index is 2.82. The Morgan fingerprint density at radius 1 is 1.39 bits per heavy atom. The summed E-state index contributed by atoms with van der Waals surface area (Å²) in [6.45, 7) is 0.386. The number of rotatable bonds is 5. The molecule has 0 spiro atoms. The number of benzene rings is 1. The lowest BCUT2D eigenvalue weighted by Crippen LogP contribution is -2.21. The van der Waals surface area contributed by atoms with Crippen molar-refractivity contribution in [3.63, 3.8) is 0 Å². The van der Waals surface area contributed by atoms with Crippen molar-refractivity contribution in [1.29, 1.82) is 0 Å². The third-order valence-corrected chi connectivity index (χ3v) is 3.57. The molecule has 1 aromatic carbocycles. The lowest BCUT2D eigenvalue weighted by molar-refractivity contribution is -0.120. The molecule has 4 N–H and O–H groups in total.